The molecule has 0 aliphatic carbocycles. The molecule has 0 saturated carbocycles. The van der Waals surface area contributed by atoms with Crippen molar-refractivity contribution in [3.63, 3.8) is 0 Å². The second-order valence-corrected chi connectivity index (χ2v) is 8.43. The van der Waals surface area contributed by atoms with Crippen molar-refractivity contribution in [3.05, 3.63) is 87.6 Å². The maximum atomic E-state index is 12.4. The number of amides is 4. The molecule has 2 aromatic carbocycles. The van der Waals surface area contributed by atoms with Gasteiger partial charge in [0.1, 0.15) is 0 Å². The Morgan fingerprint density at radius 3 is 2.28 bits per heavy atom. The second kappa shape index (κ2) is 12.6. The molecule has 1 atom stereocenters. The summed E-state index contributed by atoms with van der Waals surface area (Å²) < 4.78 is 5.31. The van der Waals surface area contributed by atoms with Gasteiger partial charge in [-0.1, -0.05) is 53.5 Å². The van der Waals surface area contributed by atoms with Crippen LogP contribution in [0.4, 0.5) is 10.7 Å². The number of benzene rings is 2. The van der Waals surface area contributed by atoms with Crippen LogP contribution in [0.5, 0.6) is 0 Å². The van der Waals surface area contributed by atoms with Crippen molar-refractivity contribution in [2.75, 3.05) is 11.9 Å². The van der Waals surface area contributed by atoms with Gasteiger partial charge >= 0.3 is 12.0 Å². The molecule has 188 valence electrons. The van der Waals surface area contributed by atoms with Gasteiger partial charge in [0.05, 0.1) is 19.0 Å². The van der Waals surface area contributed by atoms with Crippen molar-refractivity contribution >= 4 is 52.9 Å². The lowest BCUT2D eigenvalue weighted by Gasteiger charge is -2.18. The first-order chi connectivity index (χ1) is 17.2. The van der Waals surface area contributed by atoms with Gasteiger partial charge < -0.3 is 25.5 Å². The van der Waals surface area contributed by atoms with Gasteiger partial charge in [-0.05, 0) is 35.4 Å². The van der Waals surface area contributed by atoms with E-state index >= 15 is 0 Å². The standard InChI is InChI=1S/C24H22Cl2N4O6/c25-16-8-15(9-17(26)10-16)18(11-22(32)33)29-20(31)13-27-23(34)19-6-7-21(36-19)30-24(35)28-12-14-4-2-1-3-5-14/h1-10,18H,11-13H2,(H,27,34)(H,29,31)(H,32,33)(H2,28,30,35). The molecular weight excluding hydrogens is 511 g/mol. The van der Waals surface area contributed by atoms with Crippen LogP contribution in [0.3, 0.4) is 0 Å². The molecule has 5 N–H and O–H groups in total. The van der Waals surface area contributed by atoms with Crippen molar-refractivity contribution in [3.8, 4) is 0 Å². The van der Waals surface area contributed by atoms with Crippen LogP contribution in [0.2, 0.25) is 10.0 Å². The quantitative estimate of drug-likeness (QED) is 0.266. The fourth-order valence-corrected chi connectivity index (χ4v) is 3.70. The molecule has 1 unspecified atom stereocenters. The van der Waals surface area contributed by atoms with Crippen molar-refractivity contribution in [2.24, 2.45) is 0 Å². The molecule has 0 spiro atoms. The summed E-state index contributed by atoms with van der Waals surface area (Å²) in [7, 11) is 0. The lowest BCUT2D eigenvalue weighted by Crippen LogP contribution is -2.39. The van der Waals surface area contributed by atoms with E-state index in [1.807, 2.05) is 30.3 Å². The Bertz CT molecular complexity index is 1230. The number of hydrogen-bond donors (Lipinski definition) is 5. The highest BCUT2D eigenvalue weighted by Crippen LogP contribution is 2.25. The van der Waals surface area contributed by atoms with Gasteiger partial charge in [-0.3, -0.25) is 19.7 Å². The first-order valence-corrected chi connectivity index (χ1v) is 11.4. The molecule has 0 aliphatic heterocycles. The lowest BCUT2D eigenvalue weighted by molar-refractivity contribution is -0.137. The molecule has 0 radical (unpaired) electrons. The molecule has 0 bridgehead atoms. The lowest BCUT2D eigenvalue weighted by atomic mass is 10.0. The van der Waals surface area contributed by atoms with Crippen molar-refractivity contribution < 1.29 is 28.7 Å². The van der Waals surface area contributed by atoms with Crippen molar-refractivity contribution in [1.82, 2.24) is 16.0 Å². The second-order valence-electron chi connectivity index (χ2n) is 7.56. The van der Waals surface area contributed by atoms with E-state index in [-0.39, 0.29) is 21.7 Å². The zero-order valence-corrected chi connectivity index (χ0v) is 20.2. The van der Waals surface area contributed by atoms with Crippen LogP contribution < -0.4 is 21.3 Å². The number of carboxylic acid groups (broad SMARTS) is 1. The number of carbonyl (C=O) groups is 4. The van der Waals surface area contributed by atoms with Gasteiger partial charge in [0, 0.05) is 22.7 Å². The van der Waals surface area contributed by atoms with E-state index in [2.05, 4.69) is 21.3 Å². The summed E-state index contributed by atoms with van der Waals surface area (Å²) in [6.45, 7) is -0.148. The summed E-state index contributed by atoms with van der Waals surface area (Å²) in [6, 6.07) is 15.0. The minimum Gasteiger partial charge on any atom is -0.481 e. The van der Waals surface area contributed by atoms with Gasteiger partial charge in [0.15, 0.2) is 5.76 Å². The van der Waals surface area contributed by atoms with Crippen molar-refractivity contribution in [2.45, 2.75) is 19.0 Å². The average molecular weight is 533 g/mol. The smallest absolute Gasteiger partial charge is 0.321 e. The fourth-order valence-electron chi connectivity index (χ4n) is 3.16. The Balaban J connectivity index is 1.50. The van der Waals surface area contributed by atoms with Gasteiger partial charge in [0.2, 0.25) is 11.8 Å². The third-order valence-corrected chi connectivity index (χ3v) is 5.21. The van der Waals surface area contributed by atoms with Gasteiger partial charge in [0.25, 0.3) is 5.91 Å². The highest BCUT2D eigenvalue weighted by atomic mass is 35.5. The monoisotopic (exact) mass is 532 g/mol. The number of carboxylic acids is 1. The van der Waals surface area contributed by atoms with Crippen LogP contribution in [0.15, 0.2) is 65.1 Å². The Labute approximate surface area is 216 Å². The molecule has 4 amide bonds. The molecule has 0 aliphatic rings. The summed E-state index contributed by atoms with van der Waals surface area (Å²) in [6.07, 6.45) is -0.421. The fraction of sp³-hybridized carbons (Fsp3) is 0.167. The summed E-state index contributed by atoms with van der Waals surface area (Å²) >= 11 is 11.9. The zero-order valence-electron chi connectivity index (χ0n) is 18.7. The third kappa shape index (κ3) is 8.33. The van der Waals surface area contributed by atoms with E-state index in [0.29, 0.717) is 12.1 Å². The Morgan fingerprint density at radius 1 is 0.917 bits per heavy atom. The van der Waals surface area contributed by atoms with Crippen LogP contribution in [0.1, 0.15) is 34.1 Å². The Morgan fingerprint density at radius 2 is 1.61 bits per heavy atom. The first kappa shape index (κ1) is 26.6. The highest BCUT2D eigenvalue weighted by molar-refractivity contribution is 6.34. The number of carbonyl (C=O) groups excluding carboxylic acids is 3. The predicted molar refractivity (Wildman–Crippen MR) is 133 cm³/mol. The molecule has 36 heavy (non-hydrogen) atoms. The summed E-state index contributed by atoms with van der Waals surface area (Å²) in [5.41, 5.74) is 1.32. The predicted octanol–water partition coefficient (Wildman–Crippen LogP) is 3.97. The molecule has 10 nitrogen and oxygen atoms in total. The Hall–Kier alpha value is -4.02. The van der Waals surface area contributed by atoms with Crippen LogP contribution in [-0.2, 0) is 16.1 Å². The third-order valence-electron chi connectivity index (χ3n) is 4.77. The Kier molecular flexibility index (Phi) is 9.32. The first-order valence-electron chi connectivity index (χ1n) is 10.6. The van der Waals surface area contributed by atoms with Crippen LogP contribution >= 0.6 is 23.2 Å². The van der Waals surface area contributed by atoms with Gasteiger partial charge in [-0.2, -0.15) is 0 Å². The molecule has 12 heteroatoms. The number of aliphatic carboxylic acids is 1. The number of rotatable bonds is 10. The molecule has 1 aromatic heterocycles. The largest absolute Gasteiger partial charge is 0.481 e. The molecular formula is C24H22Cl2N4O6. The molecule has 3 aromatic rings. The maximum Gasteiger partial charge on any atom is 0.321 e. The van der Waals surface area contributed by atoms with E-state index in [1.54, 1.807) is 0 Å². The average Bonchev–Trinajstić information content (AvgIpc) is 3.29. The van der Waals surface area contributed by atoms with Crippen LogP contribution in [0, 0.1) is 0 Å². The summed E-state index contributed by atoms with van der Waals surface area (Å²) in [4.78, 5) is 48.0. The van der Waals surface area contributed by atoms with E-state index in [1.165, 1.54) is 30.3 Å². The zero-order chi connectivity index (χ0) is 26.1. The van der Waals surface area contributed by atoms with Gasteiger partial charge in [-0.15, -0.1) is 0 Å². The number of nitrogens with one attached hydrogen (secondary N) is 4. The van der Waals surface area contributed by atoms with Crippen molar-refractivity contribution in [1.29, 1.82) is 0 Å². The topological polar surface area (TPSA) is 150 Å². The summed E-state index contributed by atoms with van der Waals surface area (Å²) in [5.74, 6) is -2.59. The van der Waals surface area contributed by atoms with Gasteiger partial charge in [-0.25, -0.2) is 4.79 Å². The minimum atomic E-state index is -1.15. The SMILES string of the molecule is O=C(O)CC(NC(=O)CNC(=O)c1ccc(NC(=O)NCc2ccccc2)o1)c1cc(Cl)cc(Cl)c1. The number of furan rings is 1. The van der Waals surface area contributed by atoms with Crippen LogP contribution in [-0.4, -0.2) is 35.5 Å². The van der Waals surface area contributed by atoms with E-state index in [4.69, 9.17) is 27.6 Å². The number of hydrogen-bond acceptors (Lipinski definition) is 5. The summed E-state index contributed by atoms with van der Waals surface area (Å²) in [5, 5.41) is 19.8. The minimum absolute atomic E-state index is 0.0366. The van der Waals surface area contributed by atoms with Crippen LogP contribution in [0.25, 0.3) is 0 Å². The van der Waals surface area contributed by atoms with E-state index in [0.717, 1.165) is 5.56 Å². The molecule has 0 saturated heterocycles. The maximum absolute atomic E-state index is 12.4. The number of anilines is 1. The number of halogens is 2. The normalized spacial score (nSPS) is 11.3. The number of urea groups is 1. The van der Waals surface area contributed by atoms with E-state index in [9.17, 15) is 24.3 Å². The molecule has 0 fully saturated rings. The molecule has 3 rings (SSSR count). The van der Waals surface area contributed by atoms with E-state index < -0.39 is 42.8 Å². The highest BCUT2D eigenvalue weighted by Gasteiger charge is 2.20. The molecule has 1 heterocycles.